The van der Waals surface area contributed by atoms with Crippen molar-refractivity contribution in [1.82, 2.24) is 14.9 Å². The minimum Gasteiger partial charge on any atom is -0.470 e. The first kappa shape index (κ1) is 18.9. The second kappa shape index (κ2) is 9.19. The summed E-state index contributed by atoms with van der Waals surface area (Å²) >= 11 is 0. The zero-order chi connectivity index (χ0) is 18.4. The van der Waals surface area contributed by atoms with Crippen molar-refractivity contribution in [3.05, 3.63) is 12.4 Å². The van der Waals surface area contributed by atoms with Crippen LogP contribution in [0, 0.1) is 5.92 Å². The summed E-state index contributed by atoms with van der Waals surface area (Å²) in [6, 6.07) is 0. The fourth-order valence-electron chi connectivity index (χ4n) is 4.13. The number of aromatic nitrogens is 2. The van der Waals surface area contributed by atoms with Gasteiger partial charge in [-0.2, -0.15) is 0 Å². The molecule has 3 rings (SSSR count). The van der Waals surface area contributed by atoms with E-state index in [0.29, 0.717) is 18.8 Å². The van der Waals surface area contributed by atoms with Gasteiger partial charge in [-0.1, -0.05) is 25.7 Å². The van der Waals surface area contributed by atoms with E-state index in [0.717, 1.165) is 44.2 Å². The van der Waals surface area contributed by atoms with Crippen molar-refractivity contribution < 1.29 is 9.53 Å². The Morgan fingerprint density at radius 1 is 1.19 bits per heavy atom. The predicted octanol–water partition coefficient (Wildman–Crippen LogP) is 3.27. The van der Waals surface area contributed by atoms with Crippen LogP contribution in [0.15, 0.2) is 12.4 Å². The summed E-state index contributed by atoms with van der Waals surface area (Å²) in [7, 11) is 0. The molecule has 0 radical (unpaired) electrons. The molecule has 0 aromatic carbocycles. The van der Waals surface area contributed by atoms with Gasteiger partial charge < -0.3 is 14.5 Å². The minimum atomic E-state index is 0.0106. The zero-order valence-corrected chi connectivity index (χ0v) is 16.2. The fraction of sp³-hybridized carbons (Fsp3) is 0.750. The van der Waals surface area contributed by atoms with Gasteiger partial charge >= 0.3 is 0 Å². The minimum absolute atomic E-state index is 0.0106. The van der Waals surface area contributed by atoms with E-state index in [-0.39, 0.29) is 12.0 Å². The third-order valence-electron chi connectivity index (χ3n) is 5.73. The van der Waals surface area contributed by atoms with Gasteiger partial charge in [0.2, 0.25) is 5.91 Å². The lowest BCUT2D eigenvalue weighted by molar-refractivity contribution is -0.130. The molecule has 2 fully saturated rings. The lowest BCUT2D eigenvalue weighted by Gasteiger charge is -2.23. The number of nitrogens with zero attached hydrogens (tertiary/aromatic N) is 4. The first-order chi connectivity index (χ1) is 12.7. The Bertz CT molecular complexity index is 585. The maximum absolute atomic E-state index is 12.5. The van der Waals surface area contributed by atoms with Crippen LogP contribution in [-0.4, -0.2) is 53.1 Å². The van der Waals surface area contributed by atoms with Crippen LogP contribution in [0.3, 0.4) is 0 Å². The molecule has 1 amide bonds. The van der Waals surface area contributed by atoms with Crippen LogP contribution in [0.5, 0.6) is 5.88 Å². The molecule has 1 aromatic rings. The number of carbonyl (C=O) groups is 1. The van der Waals surface area contributed by atoms with E-state index >= 15 is 0 Å². The number of likely N-dealkylation sites (tertiary alicyclic amines) is 1. The average Bonchev–Trinajstić information content (AvgIpc) is 3.34. The van der Waals surface area contributed by atoms with E-state index in [1.807, 2.05) is 4.90 Å². The molecule has 6 heteroatoms. The van der Waals surface area contributed by atoms with Gasteiger partial charge in [-0.05, 0) is 26.2 Å². The molecule has 0 spiro atoms. The highest BCUT2D eigenvalue weighted by atomic mass is 16.5. The first-order valence-corrected chi connectivity index (χ1v) is 10.2. The summed E-state index contributed by atoms with van der Waals surface area (Å²) < 4.78 is 6.14. The molecular formula is C20H32N4O2. The molecular weight excluding hydrogens is 328 g/mol. The standard InChI is InChI=1S/C20H32N4O2/c1-3-23(4-2)19-20(22-13-12-21-19)26-17-11-14-24(15-17)18(25)10-9-16-7-5-6-8-16/h12-13,16-17H,3-11,14-15H2,1-2H3. The molecule has 26 heavy (non-hydrogen) atoms. The van der Waals surface area contributed by atoms with Crippen LogP contribution in [0.25, 0.3) is 0 Å². The molecule has 6 nitrogen and oxygen atoms in total. The topological polar surface area (TPSA) is 58.6 Å². The van der Waals surface area contributed by atoms with Gasteiger partial charge in [0.25, 0.3) is 5.88 Å². The Labute approximate surface area is 156 Å². The van der Waals surface area contributed by atoms with E-state index in [1.165, 1.54) is 25.7 Å². The number of ether oxygens (including phenoxy) is 1. The van der Waals surface area contributed by atoms with Crippen molar-refractivity contribution in [2.24, 2.45) is 5.92 Å². The molecule has 1 saturated heterocycles. The molecule has 2 aliphatic rings. The summed E-state index contributed by atoms with van der Waals surface area (Å²) in [5, 5.41) is 0. The number of hydrogen-bond acceptors (Lipinski definition) is 5. The van der Waals surface area contributed by atoms with Gasteiger partial charge in [0.05, 0.1) is 6.54 Å². The molecule has 1 aliphatic carbocycles. The first-order valence-electron chi connectivity index (χ1n) is 10.2. The SMILES string of the molecule is CCN(CC)c1nccnc1OC1CCN(C(=O)CCC2CCCC2)C1. The van der Waals surface area contributed by atoms with Gasteiger partial charge in [-0.15, -0.1) is 0 Å². The Kier molecular flexibility index (Phi) is 6.69. The molecule has 0 bridgehead atoms. The smallest absolute Gasteiger partial charge is 0.257 e. The number of hydrogen-bond donors (Lipinski definition) is 0. The third kappa shape index (κ3) is 4.65. The van der Waals surface area contributed by atoms with Crippen molar-refractivity contribution >= 4 is 11.7 Å². The third-order valence-corrected chi connectivity index (χ3v) is 5.73. The van der Waals surface area contributed by atoms with Gasteiger partial charge in [0.1, 0.15) is 6.10 Å². The molecule has 1 aromatic heterocycles. The Balaban J connectivity index is 1.52. The van der Waals surface area contributed by atoms with Crippen LogP contribution in [0.1, 0.15) is 58.8 Å². The zero-order valence-electron chi connectivity index (χ0n) is 16.2. The molecule has 2 heterocycles. The average molecular weight is 361 g/mol. The Hall–Kier alpha value is -1.85. The van der Waals surface area contributed by atoms with Crippen molar-refractivity contribution in [3.63, 3.8) is 0 Å². The number of carbonyl (C=O) groups excluding carboxylic acids is 1. The van der Waals surface area contributed by atoms with E-state index in [9.17, 15) is 4.79 Å². The molecule has 0 N–H and O–H groups in total. The highest BCUT2D eigenvalue weighted by Gasteiger charge is 2.29. The Morgan fingerprint density at radius 2 is 1.92 bits per heavy atom. The summed E-state index contributed by atoms with van der Waals surface area (Å²) in [5.74, 6) is 2.43. The highest BCUT2D eigenvalue weighted by Crippen LogP contribution is 2.29. The monoisotopic (exact) mass is 360 g/mol. The van der Waals surface area contributed by atoms with Crippen LogP contribution in [0.4, 0.5) is 5.82 Å². The maximum Gasteiger partial charge on any atom is 0.257 e. The number of rotatable bonds is 8. The van der Waals surface area contributed by atoms with Crippen molar-refractivity contribution in [2.75, 3.05) is 31.1 Å². The molecule has 1 saturated carbocycles. The summed E-state index contributed by atoms with van der Waals surface area (Å²) in [4.78, 5) is 25.4. The second-order valence-corrected chi connectivity index (χ2v) is 7.41. The predicted molar refractivity (Wildman–Crippen MR) is 102 cm³/mol. The van der Waals surface area contributed by atoms with E-state index < -0.39 is 0 Å². The van der Waals surface area contributed by atoms with Gasteiger partial charge in [0.15, 0.2) is 5.82 Å². The molecule has 1 unspecified atom stereocenters. The van der Waals surface area contributed by atoms with E-state index in [2.05, 4.69) is 28.7 Å². The molecule has 1 atom stereocenters. The second-order valence-electron chi connectivity index (χ2n) is 7.41. The van der Waals surface area contributed by atoms with Crippen LogP contribution < -0.4 is 9.64 Å². The van der Waals surface area contributed by atoms with Crippen molar-refractivity contribution in [3.8, 4) is 5.88 Å². The molecule has 1 aliphatic heterocycles. The number of anilines is 1. The van der Waals surface area contributed by atoms with Crippen LogP contribution >= 0.6 is 0 Å². The van der Waals surface area contributed by atoms with Crippen LogP contribution in [0.2, 0.25) is 0 Å². The summed E-state index contributed by atoms with van der Waals surface area (Å²) in [5.41, 5.74) is 0. The Morgan fingerprint density at radius 3 is 2.65 bits per heavy atom. The van der Waals surface area contributed by atoms with Gasteiger partial charge in [-0.3, -0.25) is 4.79 Å². The van der Waals surface area contributed by atoms with Crippen molar-refractivity contribution in [2.45, 2.75) is 64.9 Å². The lowest BCUT2D eigenvalue weighted by atomic mass is 10.0. The van der Waals surface area contributed by atoms with Gasteiger partial charge in [-0.25, -0.2) is 9.97 Å². The van der Waals surface area contributed by atoms with Crippen LogP contribution in [-0.2, 0) is 4.79 Å². The highest BCUT2D eigenvalue weighted by molar-refractivity contribution is 5.76. The quantitative estimate of drug-likeness (QED) is 0.712. The lowest BCUT2D eigenvalue weighted by Crippen LogP contribution is -2.31. The maximum atomic E-state index is 12.5. The van der Waals surface area contributed by atoms with Gasteiger partial charge in [0, 0.05) is 44.9 Å². The van der Waals surface area contributed by atoms with E-state index in [4.69, 9.17) is 4.74 Å². The molecule has 144 valence electrons. The summed E-state index contributed by atoms with van der Waals surface area (Å²) in [6.07, 6.45) is 11.3. The fourth-order valence-corrected chi connectivity index (χ4v) is 4.13. The summed E-state index contributed by atoms with van der Waals surface area (Å²) in [6.45, 7) is 7.38. The number of amides is 1. The van der Waals surface area contributed by atoms with E-state index in [1.54, 1.807) is 12.4 Å². The largest absolute Gasteiger partial charge is 0.470 e. The van der Waals surface area contributed by atoms with Crippen molar-refractivity contribution in [1.29, 1.82) is 0 Å². The normalized spacial score (nSPS) is 20.5.